The first-order valence-electron chi connectivity index (χ1n) is 17.4. The Bertz CT molecular complexity index is 1920. The number of hydrogen-bond acceptors (Lipinski definition) is 8. The first-order chi connectivity index (χ1) is 23.8. The van der Waals surface area contributed by atoms with Crippen LogP contribution in [0, 0.1) is 5.92 Å². The molecule has 4 aromatic carbocycles. The summed E-state index contributed by atoms with van der Waals surface area (Å²) in [6.45, 7) is 1.62. The van der Waals surface area contributed by atoms with E-state index < -0.39 is 0 Å². The fourth-order valence-electron chi connectivity index (χ4n) is 7.98. The molecule has 1 N–H and O–H groups in total. The lowest BCUT2D eigenvalue weighted by Crippen LogP contribution is -2.34. The van der Waals surface area contributed by atoms with E-state index in [1.165, 1.54) is 11.1 Å². The van der Waals surface area contributed by atoms with Crippen LogP contribution in [0.2, 0.25) is 0 Å². The maximum Gasteiger partial charge on any atom is 0.174 e. The second kappa shape index (κ2) is 12.8. The van der Waals surface area contributed by atoms with E-state index in [2.05, 4.69) is 66.4 Å². The summed E-state index contributed by atoms with van der Waals surface area (Å²) in [6, 6.07) is 20.7. The van der Waals surface area contributed by atoms with Gasteiger partial charge < -0.3 is 24.1 Å². The Kier molecular flexibility index (Phi) is 8.34. The van der Waals surface area contributed by atoms with Gasteiger partial charge in [0.1, 0.15) is 11.5 Å². The van der Waals surface area contributed by atoms with Crippen molar-refractivity contribution in [3.63, 3.8) is 0 Å². The van der Waals surface area contributed by atoms with Crippen molar-refractivity contribution < 1.29 is 28.8 Å². The van der Waals surface area contributed by atoms with E-state index >= 15 is 0 Å². The fraction of sp³-hybridized carbons (Fsp3) is 0.390. The summed E-state index contributed by atoms with van der Waals surface area (Å²) in [4.78, 5) is 18.1. The van der Waals surface area contributed by atoms with E-state index in [0.29, 0.717) is 45.6 Å². The highest BCUT2D eigenvalue weighted by Crippen LogP contribution is 2.50. The molecule has 8 nitrogen and oxygen atoms in total. The van der Waals surface area contributed by atoms with Gasteiger partial charge in [-0.15, -0.1) is 0 Å². The van der Waals surface area contributed by atoms with Crippen LogP contribution in [0.1, 0.15) is 74.2 Å². The molecule has 0 aromatic heterocycles. The average Bonchev–Trinajstić information content (AvgIpc) is 3.96. The second-order valence-electron chi connectivity index (χ2n) is 14.0. The number of likely N-dealkylation sites (N-methyl/N-ethyl adjacent to an activating group) is 2. The van der Waals surface area contributed by atoms with Gasteiger partial charge in [0.05, 0.1) is 26.4 Å². The van der Waals surface area contributed by atoms with Gasteiger partial charge in [-0.2, -0.15) is 0 Å². The van der Waals surface area contributed by atoms with Crippen LogP contribution in [0.15, 0.2) is 60.7 Å². The van der Waals surface area contributed by atoms with Gasteiger partial charge >= 0.3 is 0 Å². The number of carbonyl (C=O) groups is 1. The molecule has 4 aromatic rings. The van der Waals surface area contributed by atoms with Crippen LogP contribution < -0.4 is 18.9 Å². The van der Waals surface area contributed by atoms with Crippen molar-refractivity contribution in [2.24, 2.45) is 5.92 Å². The Morgan fingerprint density at radius 3 is 2.24 bits per heavy atom. The predicted octanol–water partition coefficient (Wildman–Crippen LogP) is 7.23. The van der Waals surface area contributed by atoms with Crippen molar-refractivity contribution >= 4 is 5.78 Å². The highest BCUT2D eigenvalue weighted by Gasteiger charge is 2.35. The molecule has 4 aliphatic heterocycles. The van der Waals surface area contributed by atoms with Gasteiger partial charge in [0.15, 0.2) is 28.8 Å². The monoisotopic (exact) mass is 660 g/mol. The van der Waals surface area contributed by atoms with Crippen LogP contribution in [0.5, 0.6) is 34.5 Å². The third-order valence-electron chi connectivity index (χ3n) is 10.9. The highest BCUT2D eigenvalue weighted by molar-refractivity contribution is 6.01. The quantitative estimate of drug-likeness (QED) is 0.225. The average molecular weight is 661 g/mol. The first kappa shape index (κ1) is 31.9. The van der Waals surface area contributed by atoms with Crippen LogP contribution in [-0.2, 0) is 32.3 Å². The Labute approximate surface area is 288 Å². The molecule has 9 rings (SSSR count). The summed E-state index contributed by atoms with van der Waals surface area (Å²) in [5.41, 5.74) is 8.24. The molecule has 0 spiro atoms. The second-order valence-corrected chi connectivity index (χ2v) is 14.0. The third-order valence-corrected chi connectivity index (χ3v) is 10.9. The number of hydrogen-bond donors (Lipinski definition) is 1. The number of nitrogens with zero attached hydrogens (tertiary/aromatic N) is 2. The molecule has 254 valence electrons. The largest absolute Gasteiger partial charge is 0.493 e. The minimum Gasteiger partial charge on any atom is -0.493 e. The van der Waals surface area contributed by atoms with Crippen molar-refractivity contribution in [1.82, 2.24) is 9.80 Å². The van der Waals surface area contributed by atoms with Crippen LogP contribution in [0.25, 0.3) is 0 Å². The van der Waals surface area contributed by atoms with Crippen LogP contribution in [0.3, 0.4) is 0 Å². The Morgan fingerprint density at radius 2 is 1.53 bits per heavy atom. The van der Waals surface area contributed by atoms with E-state index in [0.717, 1.165) is 73.9 Å². The van der Waals surface area contributed by atoms with Crippen molar-refractivity contribution in [2.45, 2.75) is 57.2 Å². The molecule has 1 saturated carbocycles. The zero-order chi connectivity index (χ0) is 33.8. The van der Waals surface area contributed by atoms with E-state index in [4.69, 9.17) is 18.9 Å². The highest BCUT2D eigenvalue weighted by atomic mass is 16.5. The van der Waals surface area contributed by atoms with Gasteiger partial charge in [0.25, 0.3) is 0 Å². The molecule has 0 radical (unpaired) electrons. The maximum atomic E-state index is 13.4. The van der Waals surface area contributed by atoms with E-state index in [1.807, 2.05) is 18.2 Å². The predicted molar refractivity (Wildman–Crippen MR) is 188 cm³/mol. The van der Waals surface area contributed by atoms with Gasteiger partial charge in [0.2, 0.25) is 0 Å². The smallest absolute Gasteiger partial charge is 0.174 e. The molecule has 2 atom stereocenters. The molecular weight excluding hydrogens is 616 g/mol. The number of fused-ring (bicyclic) bond motifs is 2. The number of aliphatic hydroxyl groups is 1. The number of rotatable bonds is 5. The molecule has 6 bridgehead atoms. The lowest BCUT2D eigenvalue weighted by molar-refractivity contribution is 0.0965. The molecule has 4 heterocycles. The molecule has 5 aliphatic rings. The summed E-state index contributed by atoms with van der Waals surface area (Å²) in [6.07, 6.45) is 5.07. The number of Topliss-reactive ketones (excluding diaryl/α,β-unsaturated/α-hetero) is 1. The number of ether oxygens (including phenoxy) is 4. The minimum absolute atomic E-state index is 0.00648. The standard InChI is InChI=1S/C41H44N2O6/c1-42-15-13-27-21-36(46-3)37-22-32(27)33(42)18-25-7-12-31(39(45)26-8-9-26)35(19-25)48-30-10-5-24(6-11-30)17-34-38-28(14-16-43(34)2)20-29(23-44)40(47-4)41(38)49-37/h5-7,10-12,19-22,26,33-34,44H,8-9,13-18,23H2,1-4H3/t33-,34+/m1/s1. The van der Waals surface area contributed by atoms with E-state index in [9.17, 15) is 9.90 Å². The van der Waals surface area contributed by atoms with Gasteiger partial charge in [-0.25, -0.2) is 0 Å². The Morgan fingerprint density at radius 1 is 0.816 bits per heavy atom. The molecular formula is C41H44N2O6. The lowest BCUT2D eigenvalue weighted by Gasteiger charge is -2.37. The van der Waals surface area contributed by atoms with Gasteiger partial charge in [-0.1, -0.05) is 18.2 Å². The van der Waals surface area contributed by atoms with Crippen molar-refractivity contribution in [1.29, 1.82) is 0 Å². The first-order valence-corrected chi connectivity index (χ1v) is 17.4. The van der Waals surface area contributed by atoms with Crippen LogP contribution in [0.4, 0.5) is 0 Å². The number of carbonyl (C=O) groups excluding carboxylic acids is 1. The molecule has 0 amide bonds. The molecule has 8 heteroatoms. The molecule has 1 aliphatic carbocycles. The normalized spacial score (nSPS) is 20.3. The Hall–Kier alpha value is -4.37. The summed E-state index contributed by atoms with van der Waals surface area (Å²) >= 11 is 0. The van der Waals surface area contributed by atoms with Crippen molar-refractivity contribution in [2.75, 3.05) is 41.4 Å². The zero-order valence-corrected chi connectivity index (χ0v) is 28.8. The minimum atomic E-state index is -0.157. The van der Waals surface area contributed by atoms with Gasteiger partial charge in [-0.3, -0.25) is 14.6 Å². The number of aliphatic hydroxyl groups excluding tert-OH is 1. The summed E-state index contributed by atoms with van der Waals surface area (Å²) in [5, 5.41) is 10.5. The Balaban J connectivity index is 1.33. The number of benzene rings is 4. The van der Waals surface area contributed by atoms with Crippen molar-refractivity contribution in [3.8, 4) is 34.5 Å². The summed E-state index contributed by atoms with van der Waals surface area (Å²) in [5.74, 6) is 4.04. The molecule has 1 fully saturated rings. The van der Waals surface area contributed by atoms with Gasteiger partial charge in [-0.05, 0) is 123 Å². The van der Waals surface area contributed by atoms with Gasteiger partial charge in [0, 0.05) is 42.2 Å². The maximum absolute atomic E-state index is 13.4. The number of methoxy groups -OCH3 is 2. The SMILES string of the molecule is COc1cc2c3cc1Oc1c(OC)c(CO)cc4c1[C@H](Cc1ccc(cc1)Oc1cc(ccc1C(=O)C1CC1)C[C@H]3N(C)CC2)N(C)CC4. The number of ketones is 1. The van der Waals surface area contributed by atoms with Crippen molar-refractivity contribution in [3.05, 3.63) is 105 Å². The fourth-order valence-corrected chi connectivity index (χ4v) is 7.98. The summed E-state index contributed by atoms with van der Waals surface area (Å²) < 4.78 is 25.6. The van der Waals surface area contributed by atoms with Crippen LogP contribution in [-0.4, -0.2) is 62.1 Å². The van der Waals surface area contributed by atoms with Crippen LogP contribution >= 0.6 is 0 Å². The molecule has 0 saturated heterocycles. The third kappa shape index (κ3) is 5.86. The summed E-state index contributed by atoms with van der Waals surface area (Å²) in [7, 11) is 7.64. The molecule has 49 heavy (non-hydrogen) atoms. The lowest BCUT2D eigenvalue weighted by atomic mass is 9.86. The van der Waals surface area contributed by atoms with E-state index in [-0.39, 0.29) is 30.4 Å². The molecule has 0 unspecified atom stereocenters. The topological polar surface area (TPSA) is 80.7 Å². The zero-order valence-electron chi connectivity index (χ0n) is 28.8. The van der Waals surface area contributed by atoms with E-state index in [1.54, 1.807) is 14.2 Å².